The Kier molecular flexibility index (Phi) is 3.86. The van der Waals surface area contributed by atoms with Crippen molar-refractivity contribution in [2.45, 2.75) is 24.8 Å². The molecule has 2 atom stereocenters. The van der Waals surface area contributed by atoms with Crippen LogP contribution in [0.25, 0.3) is 0 Å². The summed E-state index contributed by atoms with van der Waals surface area (Å²) in [6.45, 7) is 3.21. The number of carboxylic acid groups (broad SMARTS) is 1. The van der Waals surface area contributed by atoms with E-state index in [-0.39, 0.29) is 18.1 Å². The summed E-state index contributed by atoms with van der Waals surface area (Å²) in [4.78, 5) is 11.5. The van der Waals surface area contributed by atoms with Crippen LogP contribution in [-0.4, -0.2) is 38.7 Å². The molecule has 1 aliphatic heterocycles. The van der Waals surface area contributed by atoms with E-state index in [0.717, 1.165) is 0 Å². The summed E-state index contributed by atoms with van der Waals surface area (Å²) in [5.74, 6) is -1.08. The van der Waals surface area contributed by atoms with Gasteiger partial charge in [-0.05, 0) is 25.5 Å². The molecule has 1 aromatic rings. The molecule has 7 heteroatoms. The Hall–Kier alpha value is -1.44. The second-order valence-corrected chi connectivity index (χ2v) is 6.86. The summed E-state index contributed by atoms with van der Waals surface area (Å²) in [6, 6.07) is 5.77. The van der Waals surface area contributed by atoms with Crippen molar-refractivity contribution in [1.29, 1.82) is 0 Å². The standard InChI is InChI=1S/C13H17NO5S/c1-9-5-3-4-6-10(9)20(17,18)14-11-7-19-8-13(11,2)12(15)16/h3-6,11,14H,7-8H2,1-2H3,(H,15,16). The molecular weight excluding hydrogens is 282 g/mol. The Morgan fingerprint density at radius 3 is 2.70 bits per heavy atom. The first-order chi connectivity index (χ1) is 9.27. The molecular formula is C13H17NO5S. The van der Waals surface area contributed by atoms with Crippen molar-refractivity contribution in [3.8, 4) is 0 Å². The van der Waals surface area contributed by atoms with Crippen molar-refractivity contribution in [2.75, 3.05) is 13.2 Å². The SMILES string of the molecule is Cc1ccccc1S(=O)(=O)NC1COCC1(C)C(=O)O. The quantitative estimate of drug-likeness (QED) is 0.856. The van der Waals surface area contributed by atoms with Gasteiger partial charge in [0, 0.05) is 0 Å². The number of ether oxygens (including phenoxy) is 1. The van der Waals surface area contributed by atoms with Crippen molar-refractivity contribution in [2.24, 2.45) is 5.41 Å². The van der Waals surface area contributed by atoms with Gasteiger partial charge in [-0.1, -0.05) is 18.2 Å². The van der Waals surface area contributed by atoms with E-state index in [1.54, 1.807) is 25.1 Å². The summed E-state index contributed by atoms with van der Waals surface area (Å²) in [5.41, 5.74) is -0.647. The first-order valence-corrected chi connectivity index (χ1v) is 7.65. The number of nitrogens with one attached hydrogen (secondary N) is 1. The molecule has 1 aliphatic rings. The predicted molar refractivity (Wildman–Crippen MR) is 71.9 cm³/mol. The fraction of sp³-hybridized carbons (Fsp3) is 0.462. The summed E-state index contributed by atoms with van der Waals surface area (Å²) < 4.78 is 32.3. The van der Waals surface area contributed by atoms with Gasteiger partial charge in [-0.3, -0.25) is 4.79 Å². The van der Waals surface area contributed by atoms with Gasteiger partial charge >= 0.3 is 5.97 Å². The van der Waals surface area contributed by atoms with Crippen LogP contribution in [0.2, 0.25) is 0 Å². The van der Waals surface area contributed by atoms with Crippen LogP contribution < -0.4 is 4.72 Å². The van der Waals surface area contributed by atoms with E-state index in [4.69, 9.17) is 4.74 Å². The number of hydrogen-bond acceptors (Lipinski definition) is 4. The normalized spacial score (nSPS) is 26.6. The third-order valence-electron chi connectivity index (χ3n) is 3.62. The minimum absolute atomic E-state index is 0.0106. The lowest BCUT2D eigenvalue weighted by molar-refractivity contribution is -0.148. The summed E-state index contributed by atoms with van der Waals surface area (Å²) >= 11 is 0. The van der Waals surface area contributed by atoms with E-state index in [1.807, 2.05) is 0 Å². The van der Waals surface area contributed by atoms with Gasteiger partial charge in [0.2, 0.25) is 10.0 Å². The minimum Gasteiger partial charge on any atom is -0.481 e. The molecule has 0 radical (unpaired) electrons. The maximum Gasteiger partial charge on any atom is 0.313 e. The highest BCUT2D eigenvalue weighted by Gasteiger charge is 2.48. The molecule has 0 aliphatic carbocycles. The van der Waals surface area contributed by atoms with Crippen molar-refractivity contribution in [3.63, 3.8) is 0 Å². The summed E-state index contributed by atoms with van der Waals surface area (Å²) in [7, 11) is -3.77. The molecule has 1 aromatic carbocycles. The zero-order valence-electron chi connectivity index (χ0n) is 11.3. The summed E-state index contributed by atoms with van der Waals surface area (Å²) in [6.07, 6.45) is 0. The highest BCUT2D eigenvalue weighted by molar-refractivity contribution is 7.89. The molecule has 6 nitrogen and oxygen atoms in total. The fourth-order valence-electron chi connectivity index (χ4n) is 2.16. The number of carbonyl (C=O) groups is 1. The molecule has 2 rings (SSSR count). The fourth-order valence-corrected chi connectivity index (χ4v) is 3.74. The van der Waals surface area contributed by atoms with E-state index >= 15 is 0 Å². The highest BCUT2D eigenvalue weighted by atomic mass is 32.2. The molecule has 110 valence electrons. The Labute approximate surface area is 117 Å². The van der Waals surface area contributed by atoms with Gasteiger partial charge in [0.1, 0.15) is 5.41 Å². The Morgan fingerprint density at radius 1 is 1.45 bits per heavy atom. The maximum atomic E-state index is 12.4. The van der Waals surface area contributed by atoms with Crippen LogP contribution in [0.3, 0.4) is 0 Å². The van der Waals surface area contributed by atoms with Gasteiger partial charge in [0.05, 0.1) is 24.2 Å². The molecule has 1 saturated heterocycles. The van der Waals surface area contributed by atoms with E-state index in [0.29, 0.717) is 5.56 Å². The average Bonchev–Trinajstić information content (AvgIpc) is 2.72. The van der Waals surface area contributed by atoms with E-state index in [9.17, 15) is 18.3 Å². The van der Waals surface area contributed by atoms with Gasteiger partial charge in [0.15, 0.2) is 0 Å². The van der Waals surface area contributed by atoms with Gasteiger partial charge in [-0.2, -0.15) is 0 Å². The van der Waals surface area contributed by atoms with Crippen molar-refractivity contribution in [1.82, 2.24) is 4.72 Å². The lowest BCUT2D eigenvalue weighted by Gasteiger charge is -2.25. The topological polar surface area (TPSA) is 92.7 Å². The lowest BCUT2D eigenvalue weighted by Crippen LogP contribution is -2.49. The maximum absolute atomic E-state index is 12.4. The number of sulfonamides is 1. The van der Waals surface area contributed by atoms with E-state index < -0.39 is 27.4 Å². The molecule has 2 N–H and O–H groups in total. The molecule has 0 spiro atoms. The van der Waals surface area contributed by atoms with Gasteiger partial charge < -0.3 is 9.84 Å². The van der Waals surface area contributed by atoms with E-state index in [1.165, 1.54) is 13.0 Å². The number of carboxylic acids is 1. The molecule has 20 heavy (non-hydrogen) atoms. The van der Waals surface area contributed by atoms with E-state index in [2.05, 4.69) is 4.72 Å². The van der Waals surface area contributed by atoms with Crippen LogP contribution in [0.5, 0.6) is 0 Å². The molecule has 0 saturated carbocycles. The number of rotatable bonds is 4. The Bertz CT molecular complexity index is 627. The highest BCUT2D eigenvalue weighted by Crippen LogP contribution is 2.30. The van der Waals surface area contributed by atoms with Crippen molar-refractivity contribution in [3.05, 3.63) is 29.8 Å². The number of aliphatic carboxylic acids is 1. The second-order valence-electron chi connectivity index (χ2n) is 5.18. The number of hydrogen-bond donors (Lipinski definition) is 2. The smallest absolute Gasteiger partial charge is 0.313 e. The zero-order chi connectivity index (χ0) is 15.0. The molecule has 1 heterocycles. The molecule has 2 unspecified atom stereocenters. The van der Waals surface area contributed by atoms with Gasteiger partial charge in [0.25, 0.3) is 0 Å². The van der Waals surface area contributed by atoms with Gasteiger partial charge in [-0.15, -0.1) is 0 Å². The van der Waals surface area contributed by atoms with Crippen LogP contribution in [0, 0.1) is 12.3 Å². The largest absolute Gasteiger partial charge is 0.481 e. The third-order valence-corrected chi connectivity index (χ3v) is 5.26. The predicted octanol–water partition coefficient (Wildman–Crippen LogP) is 0.763. The van der Waals surface area contributed by atoms with Crippen LogP contribution in [-0.2, 0) is 19.6 Å². The zero-order valence-corrected chi connectivity index (χ0v) is 12.1. The third kappa shape index (κ3) is 2.56. The van der Waals surface area contributed by atoms with Gasteiger partial charge in [-0.25, -0.2) is 13.1 Å². The first-order valence-electron chi connectivity index (χ1n) is 6.16. The number of benzene rings is 1. The molecule has 0 aromatic heterocycles. The van der Waals surface area contributed by atoms with Crippen molar-refractivity contribution < 1.29 is 23.1 Å². The molecule has 0 bridgehead atoms. The molecule has 1 fully saturated rings. The second kappa shape index (κ2) is 5.16. The Morgan fingerprint density at radius 2 is 2.10 bits per heavy atom. The molecule has 0 amide bonds. The minimum atomic E-state index is -3.77. The van der Waals surface area contributed by atoms with Crippen LogP contribution in [0.4, 0.5) is 0 Å². The Balaban J connectivity index is 2.30. The van der Waals surface area contributed by atoms with Crippen LogP contribution >= 0.6 is 0 Å². The van der Waals surface area contributed by atoms with Crippen molar-refractivity contribution >= 4 is 16.0 Å². The average molecular weight is 299 g/mol. The first kappa shape index (κ1) is 15.0. The van der Waals surface area contributed by atoms with Crippen LogP contribution in [0.1, 0.15) is 12.5 Å². The monoisotopic (exact) mass is 299 g/mol. The van der Waals surface area contributed by atoms with Crippen LogP contribution in [0.15, 0.2) is 29.2 Å². The number of aryl methyl sites for hydroxylation is 1. The lowest BCUT2D eigenvalue weighted by atomic mass is 9.86. The summed E-state index contributed by atoms with van der Waals surface area (Å²) in [5, 5.41) is 9.25.